The molecule has 3 aromatic rings. The summed E-state index contributed by atoms with van der Waals surface area (Å²) < 4.78 is 0. The number of hydrogen-bond acceptors (Lipinski definition) is 3. The fourth-order valence-electron chi connectivity index (χ4n) is 4.28. The molecule has 2 heterocycles. The summed E-state index contributed by atoms with van der Waals surface area (Å²) in [5.41, 5.74) is 5.82. The Labute approximate surface area is 186 Å². The lowest BCUT2D eigenvalue weighted by Crippen LogP contribution is -2.34. The summed E-state index contributed by atoms with van der Waals surface area (Å²) in [6, 6.07) is 23.1. The first-order valence-electron chi connectivity index (χ1n) is 10.3. The van der Waals surface area contributed by atoms with Crippen LogP contribution < -0.4 is 4.90 Å². The molecule has 5 rings (SSSR count). The number of halogens is 1. The van der Waals surface area contributed by atoms with Gasteiger partial charge in [-0.3, -0.25) is 14.5 Å². The Bertz CT molecular complexity index is 1210. The smallest absolute Gasteiger partial charge is 0.278 e. The first-order chi connectivity index (χ1) is 15.0. The number of imide groups is 1. The van der Waals surface area contributed by atoms with Gasteiger partial charge in [0.25, 0.3) is 11.8 Å². The molecule has 2 aliphatic rings. The summed E-state index contributed by atoms with van der Waals surface area (Å²) in [5, 5.41) is 0.589. The molecule has 0 unspecified atom stereocenters. The molecular weight excluding hydrogens is 408 g/mol. The van der Waals surface area contributed by atoms with Gasteiger partial charge >= 0.3 is 0 Å². The Balaban J connectivity index is 1.60. The fourth-order valence-corrected chi connectivity index (χ4v) is 4.41. The van der Waals surface area contributed by atoms with Crippen LogP contribution in [0.1, 0.15) is 22.3 Å². The van der Waals surface area contributed by atoms with Gasteiger partial charge in [0.05, 0.1) is 12.1 Å². The van der Waals surface area contributed by atoms with Gasteiger partial charge in [0.15, 0.2) is 0 Å². The topological polar surface area (TPSA) is 40.6 Å². The maximum absolute atomic E-state index is 13.6. The van der Waals surface area contributed by atoms with E-state index in [1.54, 1.807) is 24.3 Å². The van der Waals surface area contributed by atoms with Gasteiger partial charge in [0, 0.05) is 17.3 Å². The van der Waals surface area contributed by atoms with Crippen molar-refractivity contribution in [2.45, 2.75) is 19.9 Å². The van der Waals surface area contributed by atoms with E-state index >= 15 is 0 Å². The van der Waals surface area contributed by atoms with E-state index in [9.17, 15) is 9.59 Å². The van der Waals surface area contributed by atoms with E-state index in [1.165, 1.54) is 10.5 Å². The third-order valence-corrected chi connectivity index (χ3v) is 6.15. The van der Waals surface area contributed by atoms with Crippen LogP contribution in [0.15, 0.2) is 78.5 Å². The Morgan fingerprint density at radius 1 is 0.871 bits per heavy atom. The zero-order valence-corrected chi connectivity index (χ0v) is 17.9. The lowest BCUT2D eigenvalue weighted by molar-refractivity contribution is -0.137. The standard InChI is InChI=1S/C26H21ClN2O2/c1-17-6-8-18(9-7-17)16-29-25(30)23(20-10-12-21(27)13-11-20)24(26(29)31)28-15-14-19-4-2-3-5-22(19)28/h2-13H,14-16H2,1H3. The first-order valence-corrected chi connectivity index (χ1v) is 10.7. The lowest BCUT2D eigenvalue weighted by atomic mass is 10.0. The number of anilines is 1. The minimum atomic E-state index is -0.271. The average molecular weight is 429 g/mol. The van der Waals surface area contributed by atoms with Crippen LogP contribution in [-0.2, 0) is 22.6 Å². The fraction of sp³-hybridized carbons (Fsp3) is 0.154. The largest absolute Gasteiger partial charge is 0.336 e. The van der Waals surface area contributed by atoms with Gasteiger partial charge in [-0.15, -0.1) is 0 Å². The van der Waals surface area contributed by atoms with E-state index in [0.717, 1.165) is 23.2 Å². The summed E-state index contributed by atoms with van der Waals surface area (Å²) in [4.78, 5) is 30.5. The molecule has 3 aromatic carbocycles. The quantitative estimate of drug-likeness (QED) is 0.549. The maximum atomic E-state index is 13.6. The highest BCUT2D eigenvalue weighted by Crippen LogP contribution is 2.39. The molecule has 2 amide bonds. The molecule has 5 heteroatoms. The van der Waals surface area contributed by atoms with Crippen molar-refractivity contribution in [1.29, 1.82) is 0 Å². The highest BCUT2D eigenvalue weighted by molar-refractivity contribution is 6.37. The van der Waals surface area contributed by atoms with Crippen LogP contribution in [0.5, 0.6) is 0 Å². The molecule has 0 radical (unpaired) electrons. The Hall–Kier alpha value is -3.37. The number of aryl methyl sites for hydroxylation is 1. The molecule has 4 nitrogen and oxygen atoms in total. The van der Waals surface area contributed by atoms with E-state index in [2.05, 4.69) is 6.07 Å². The zero-order valence-electron chi connectivity index (χ0n) is 17.1. The Kier molecular flexibility index (Phi) is 4.87. The molecule has 0 aromatic heterocycles. The van der Waals surface area contributed by atoms with Crippen LogP contribution in [0.4, 0.5) is 5.69 Å². The van der Waals surface area contributed by atoms with Crippen LogP contribution in [0.25, 0.3) is 5.57 Å². The predicted octanol–water partition coefficient (Wildman–Crippen LogP) is 4.99. The van der Waals surface area contributed by atoms with Crippen molar-refractivity contribution in [1.82, 2.24) is 4.90 Å². The van der Waals surface area contributed by atoms with Gasteiger partial charge < -0.3 is 4.90 Å². The molecular formula is C26H21ClN2O2. The number of nitrogens with zero attached hydrogens (tertiary/aromatic N) is 2. The van der Waals surface area contributed by atoms with Crippen molar-refractivity contribution >= 4 is 34.7 Å². The third kappa shape index (κ3) is 3.43. The van der Waals surface area contributed by atoms with Crippen LogP contribution >= 0.6 is 11.6 Å². The van der Waals surface area contributed by atoms with Gasteiger partial charge in [-0.1, -0.05) is 71.8 Å². The van der Waals surface area contributed by atoms with E-state index < -0.39 is 0 Å². The van der Waals surface area contributed by atoms with E-state index in [4.69, 9.17) is 11.6 Å². The maximum Gasteiger partial charge on any atom is 0.278 e. The Morgan fingerprint density at radius 2 is 1.58 bits per heavy atom. The van der Waals surface area contributed by atoms with Crippen molar-refractivity contribution in [2.24, 2.45) is 0 Å². The predicted molar refractivity (Wildman–Crippen MR) is 123 cm³/mol. The van der Waals surface area contributed by atoms with Crippen molar-refractivity contribution < 1.29 is 9.59 Å². The van der Waals surface area contributed by atoms with Gasteiger partial charge in [-0.05, 0) is 48.2 Å². The molecule has 0 atom stereocenters. The number of benzene rings is 3. The minimum absolute atomic E-state index is 0.244. The zero-order chi connectivity index (χ0) is 21.5. The van der Waals surface area contributed by atoms with Crippen LogP contribution in [0.3, 0.4) is 0 Å². The highest BCUT2D eigenvalue weighted by Gasteiger charge is 2.43. The van der Waals surface area contributed by atoms with Gasteiger partial charge in [0.1, 0.15) is 5.70 Å². The lowest BCUT2D eigenvalue weighted by Gasteiger charge is -2.22. The minimum Gasteiger partial charge on any atom is -0.336 e. The number of fused-ring (bicyclic) bond motifs is 1. The van der Waals surface area contributed by atoms with Crippen molar-refractivity contribution in [2.75, 3.05) is 11.4 Å². The number of carbonyl (C=O) groups is 2. The molecule has 31 heavy (non-hydrogen) atoms. The monoisotopic (exact) mass is 428 g/mol. The number of rotatable bonds is 4. The van der Waals surface area contributed by atoms with E-state index in [-0.39, 0.29) is 18.4 Å². The Morgan fingerprint density at radius 3 is 2.32 bits per heavy atom. The molecule has 154 valence electrons. The molecule has 2 aliphatic heterocycles. The average Bonchev–Trinajstić information content (AvgIpc) is 3.30. The van der Waals surface area contributed by atoms with Crippen molar-refractivity contribution in [3.8, 4) is 0 Å². The molecule has 0 saturated carbocycles. The van der Waals surface area contributed by atoms with Crippen molar-refractivity contribution in [3.05, 3.63) is 106 Å². The molecule has 0 fully saturated rings. The third-order valence-electron chi connectivity index (χ3n) is 5.89. The summed E-state index contributed by atoms with van der Waals surface area (Å²) in [6.07, 6.45) is 0.840. The van der Waals surface area contributed by atoms with E-state index in [0.29, 0.717) is 28.4 Å². The number of carbonyl (C=O) groups excluding carboxylic acids is 2. The molecule has 0 bridgehead atoms. The number of amides is 2. The molecule has 0 saturated heterocycles. The van der Waals surface area contributed by atoms with Crippen molar-refractivity contribution in [3.63, 3.8) is 0 Å². The van der Waals surface area contributed by atoms with Gasteiger partial charge in [-0.25, -0.2) is 0 Å². The van der Waals surface area contributed by atoms with Crippen LogP contribution in [-0.4, -0.2) is 23.3 Å². The van der Waals surface area contributed by atoms with Gasteiger partial charge in [-0.2, -0.15) is 0 Å². The number of para-hydroxylation sites is 1. The molecule has 0 N–H and O–H groups in total. The van der Waals surface area contributed by atoms with E-state index in [1.807, 2.05) is 54.3 Å². The summed E-state index contributed by atoms with van der Waals surface area (Å²) in [5.74, 6) is -0.528. The summed E-state index contributed by atoms with van der Waals surface area (Å²) >= 11 is 6.07. The SMILES string of the molecule is Cc1ccc(CN2C(=O)C(c3ccc(Cl)cc3)=C(N3CCc4ccccc43)C2=O)cc1. The van der Waals surface area contributed by atoms with Gasteiger partial charge in [0.2, 0.25) is 0 Å². The van der Waals surface area contributed by atoms with Crippen LogP contribution in [0.2, 0.25) is 5.02 Å². The second-order valence-electron chi connectivity index (χ2n) is 7.94. The second kappa shape index (κ2) is 7.71. The number of hydrogen-bond donors (Lipinski definition) is 0. The summed E-state index contributed by atoms with van der Waals surface area (Å²) in [6.45, 7) is 2.93. The second-order valence-corrected chi connectivity index (χ2v) is 8.38. The van der Waals surface area contributed by atoms with Crippen LogP contribution in [0, 0.1) is 6.92 Å². The normalized spacial score (nSPS) is 15.8. The first kappa shape index (κ1) is 19.6. The summed E-state index contributed by atoms with van der Waals surface area (Å²) in [7, 11) is 0. The molecule has 0 spiro atoms. The molecule has 0 aliphatic carbocycles. The highest BCUT2D eigenvalue weighted by atomic mass is 35.5.